The normalized spacial score (nSPS) is 21.1. The summed E-state index contributed by atoms with van der Waals surface area (Å²) in [7, 11) is 0. The molecule has 2 aliphatic rings. The van der Waals surface area contributed by atoms with Crippen molar-refractivity contribution in [1.82, 2.24) is 0 Å². The fourth-order valence-electron chi connectivity index (χ4n) is 2.43. The van der Waals surface area contributed by atoms with E-state index in [2.05, 4.69) is 14.9 Å². The zero-order chi connectivity index (χ0) is 14.8. The van der Waals surface area contributed by atoms with Gasteiger partial charge in [-0.15, -0.1) is 11.3 Å². The summed E-state index contributed by atoms with van der Waals surface area (Å²) >= 11 is 1.48. The maximum absolute atomic E-state index is 12.8. The first-order chi connectivity index (χ1) is 10.1. The molecule has 1 fully saturated rings. The summed E-state index contributed by atoms with van der Waals surface area (Å²) in [5, 5.41) is 4.23. The van der Waals surface area contributed by atoms with Crippen LogP contribution in [0, 0.1) is 0 Å². The van der Waals surface area contributed by atoms with Crippen molar-refractivity contribution < 1.29 is 18.4 Å². The highest BCUT2D eigenvalue weighted by molar-refractivity contribution is 7.17. The Labute approximate surface area is 124 Å². The van der Waals surface area contributed by atoms with Crippen molar-refractivity contribution in [2.45, 2.75) is 25.7 Å². The van der Waals surface area contributed by atoms with E-state index in [1.807, 2.05) is 12.1 Å². The van der Waals surface area contributed by atoms with Crippen molar-refractivity contribution in [1.29, 1.82) is 0 Å². The SMILES string of the molecule is O=C1ON=C(C(F)F)/C1=C/c1ccc(N2CCCCC2)s1. The van der Waals surface area contributed by atoms with Crippen LogP contribution in [0.15, 0.2) is 22.9 Å². The van der Waals surface area contributed by atoms with E-state index in [9.17, 15) is 13.6 Å². The lowest BCUT2D eigenvalue weighted by Gasteiger charge is -2.27. The summed E-state index contributed by atoms with van der Waals surface area (Å²) in [5.41, 5.74) is -0.745. The van der Waals surface area contributed by atoms with Crippen LogP contribution in [0.4, 0.5) is 13.8 Å². The van der Waals surface area contributed by atoms with Gasteiger partial charge in [-0.05, 0) is 37.5 Å². The first-order valence-electron chi connectivity index (χ1n) is 6.79. The number of hydrogen-bond donors (Lipinski definition) is 0. The summed E-state index contributed by atoms with van der Waals surface area (Å²) in [4.78, 5) is 18.8. The van der Waals surface area contributed by atoms with Crippen molar-refractivity contribution in [3.63, 3.8) is 0 Å². The molecule has 0 aromatic carbocycles. The van der Waals surface area contributed by atoms with E-state index in [-0.39, 0.29) is 5.57 Å². The highest BCUT2D eigenvalue weighted by atomic mass is 32.1. The first kappa shape index (κ1) is 14.2. The van der Waals surface area contributed by atoms with Gasteiger partial charge in [0.2, 0.25) is 0 Å². The molecule has 0 unspecified atom stereocenters. The summed E-state index contributed by atoms with van der Waals surface area (Å²) in [5.74, 6) is -0.821. The highest BCUT2D eigenvalue weighted by Gasteiger charge is 2.32. The first-order valence-corrected chi connectivity index (χ1v) is 7.61. The van der Waals surface area contributed by atoms with Crippen molar-refractivity contribution in [3.05, 3.63) is 22.6 Å². The smallest absolute Gasteiger partial charge is 0.363 e. The van der Waals surface area contributed by atoms with Gasteiger partial charge >= 0.3 is 5.97 Å². The molecule has 1 saturated heterocycles. The second kappa shape index (κ2) is 5.93. The third-order valence-corrected chi connectivity index (χ3v) is 4.59. The number of thiophene rings is 1. The number of piperidine rings is 1. The lowest BCUT2D eigenvalue weighted by atomic mass is 10.1. The molecule has 0 N–H and O–H groups in total. The van der Waals surface area contributed by atoms with Crippen LogP contribution >= 0.6 is 11.3 Å². The predicted octanol–water partition coefficient (Wildman–Crippen LogP) is 3.30. The van der Waals surface area contributed by atoms with Gasteiger partial charge in [0, 0.05) is 18.0 Å². The maximum Gasteiger partial charge on any atom is 0.367 e. The average molecular weight is 312 g/mol. The number of oxime groups is 1. The maximum atomic E-state index is 12.8. The van der Waals surface area contributed by atoms with Gasteiger partial charge in [0.1, 0.15) is 0 Å². The minimum absolute atomic E-state index is 0.156. The number of nitrogens with zero attached hydrogens (tertiary/aromatic N) is 2. The van der Waals surface area contributed by atoms with E-state index in [0.717, 1.165) is 23.0 Å². The van der Waals surface area contributed by atoms with E-state index in [1.165, 1.54) is 36.7 Å². The second-order valence-corrected chi connectivity index (χ2v) is 6.03. The van der Waals surface area contributed by atoms with Crippen LogP contribution in [-0.4, -0.2) is 31.2 Å². The molecule has 1 aromatic rings. The Morgan fingerprint density at radius 3 is 2.76 bits per heavy atom. The van der Waals surface area contributed by atoms with Crippen LogP contribution in [0.2, 0.25) is 0 Å². The van der Waals surface area contributed by atoms with E-state index in [0.29, 0.717) is 0 Å². The van der Waals surface area contributed by atoms with Gasteiger partial charge in [-0.25, -0.2) is 13.6 Å². The van der Waals surface area contributed by atoms with E-state index >= 15 is 0 Å². The topological polar surface area (TPSA) is 41.9 Å². The van der Waals surface area contributed by atoms with E-state index in [4.69, 9.17) is 0 Å². The Balaban J connectivity index is 1.81. The molecule has 3 heterocycles. The van der Waals surface area contributed by atoms with Crippen LogP contribution < -0.4 is 4.90 Å². The number of anilines is 1. The van der Waals surface area contributed by atoms with Gasteiger partial charge in [0.15, 0.2) is 5.71 Å². The molecular formula is C14H14F2N2O2S. The molecule has 0 radical (unpaired) electrons. The number of carbonyl (C=O) groups is 1. The average Bonchev–Trinajstić information content (AvgIpc) is 3.08. The Hall–Kier alpha value is -1.76. The van der Waals surface area contributed by atoms with Gasteiger partial charge in [-0.1, -0.05) is 5.16 Å². The van der Waals surface area contributed by atoms with Crippen molar-refractivity contribution >= 4 is 34.1 Å². The van der Waals surface area contributed by atoms with E-state index in [1.54, 1.807) is 0 Å². The molecule has 7 heteroatoms. The third kappa shape index (κ3) is 2.97. The van der Waals surface area contributed by atoms with Crippen LogP contribution in [0.3, 0.4) is 0 Å². The van der Waals surface area contributed by atoms with Crippen molar-refractivity contribution in [3.8, 4) is 0 Å². The number of rotatable bonds is 3. The molecule has 0 atom stereocenters. The van der Waals surface area contributed by atoms with Crippen LogP contribution in [-0.2, 0) is 9.63 Å². The van der Waals surface area contributed by atoms with Crippen LogP contribution in [0.1, 0.15) is 24.1 Å². The Morgan fingerprint density at radius 1 is 1.29 bits per heavy atom. The molecule has 21 heavy (non-hydrogen) atoms. The molecular weight excluding hydrogens is 298 g/mol. The second-order valence-electron chi connectivity index (χ2n) is 4.94. The molecule has 0 spiro atoms. The van der Waals surface area contributed by atoms with Gasteiger partial charge in [0.05, 0.1) is 10.6 Å². The number of hydrogen-bond acceptors (Lipinski definition) is 5. The zero-order valence-corrected chi connectivity index (χ0v) is 12.0. The van der Waals surface area contributed by atoms with Crippen molar-refractivity contribution in [2.24, 2.45) is 5.16 Å². The van der Waals surface area contributed by atoms with Crippen molar-refractivity contribution in [2.75, 3.05) is 18.0 Å². The van der Waals surface area contributed by atoms with Crippen LogP contribution in [0.5, 0.6) is 0 Å². The van der Waals surface area contributed by atoms with E-state index < -0.39 is 18.1 Å². The number of halogens is 2. The molecule has 3 rings (SSSR count). The zero-order valence-electron chi connectivity index (χ0n) is 11.2. The number of alkyl halides is 2. The fourth-order valence-corrected chi connectivity index (χ4v) is 3.43. The lowest BCUT2D eigenvalue weighted by Crippen LogP contribution is -2.28. The highest BCUT2D eigenvalue weighted by Crippen LogP contribution is 2.31. The monoisotopic (exact) mass is 312 g/mol. The van der Waals surface area contributed by atoms with Gasteiger partial charge in [0.25, 0.3) is 6.43 Å². The minimum atomic E-state index is -2.82. The molecule has 0 saturated carbocycles. The molecule has 0 bridgehead atoms. The molecule has 112 valence electrons. The molecule has 1 aromatic heterocycles. The Kier molecular flexibility index (Phi) is 4.01. The lowest BCUT2D eigenvalue weighted by molar-refractivity contribution is -0.136. The van der Waals surface area contributed by atoms with Gasteiger partial charge in [-0.2, -0.15) is 0 Å². The summed E-state index contributed by atoms with van der Waals surface area (Å²) in [6, 6.07) is 3.79. The fraction of sp³-hybridized carbons (Fsp3) is 0.429. The Morgan fingerprint density at radius 2 is 2.05 bits per heavy atom. The van der Waals surface area contributed by atoms with Gasteiger partial charge < -0.3 is 9.74 Å². The van der Waals surface area contributed by atoms with Gasteiger partial charge in [-0.3, -0.25) is 0 Å². The molecule has 0 aliphatic carbocycles. The molecule has 0 amide bonds. The summed E-state index contributed by atoms with van der Waals surface area (Å²) in [6.07, 6.45) is 2.20. The molecule has 2 aliphatic heterocycles. The standard InChI is InChI=1S/C14H14F2N2O2S/c15-13(16)12-10(14(19)20-17-12)8-9-4-5-11(21-9)18-6-2-1-3-7-18/h4-5,8,13H,1-3,6-7H2/b10-8-. The Bertz CT molecular complexity index is 604. The largest absolute Gasteiger partial charge is 0.367 e. The summed E-state index contributed by atoms with van der Waals surface area (Å²) < 4.78 is 25.5. The predicted molar refractivity (Wildman–Crippen MR) is 77.9 cm³/mol. The van der Waals surface area contributed by atoms with Crippen LogP contribution in [0.25, 0.3) is 6.08 Å². The molecule has 4 nitrogen and oxygen atoms in total. The summed E-state index contributed by atoms with van der Waals surface area (Å²) in [6.45, 7) is 2.03. The number of carbonyl (C=O) groups excluding carboxylic acids is 1. The quantitative estimate of drug-likeness (QED) is 0.635. The third-order valence-electron chi connectivity index (χ3n) is 3.50. The minimum Gasteiger partial charge on any atom is -0.363 e.